The molecule has 96 valence electrons. The predicted octanol–water partition coefficient (Wildman–Crippen LogP) is -0.975. The largest absolute Gasteiger partial charge is 0.476 e. The number of nitrogens with zero attached hydrogens (tertiary/aromatic N) is 2. The topological polar surface area (TPSA) is 113 Å². The molecule has 0 aliphatic heterocycles. The molecule has 0 fully saturated rings. The molecular weight excluding hydrogens is 248 g/mol. The van der Waals surface area contributed by atoms with Gasteiger partial charge >= 0.3 is 5.97 Å². The molecule has 3 N–H and O–H groups in total. The van der Waals surface area contributed by atoms with E-state index in [1.807, 2.05) is 0 Å². The van der Waals surface area contributed by atoms with E-state index in [-0.39, 0.29) is 12.2 Å². The quantitative estimate of drug-likeness (QED) is 0.585. The summed E-state index contributed by atoms with van der Waals surface area (Å²) in [6.07, 6.45) is 2.68. The molecule has 0 saturated heterocycles. The highest BCUT2D eigenvalue weighted by Gasteiger charge is 2.08. The van der Waals surface area contributed by atoms with Crippen molar-refractivity contribution in [2.24, 2.45) is 0 Å². The first-order valence-electron chi connectivity index (χ1n) is 4.94. The number of aromatic nitrogens is 2. The predicted molar refractivity (Wildman–Crippen MR) is 59.8 cm³/mol. The third-order valence-electron chi connectivity index (χ3n) is 1.85. The lowest BCUT2D eigenvalue weighted by molar-refractivity contribution is 0.0691. The lowest BCUT2D eigenvalue weighted by atomic mass is 10.5. The molecule has 0 spiro atoms. The van der Waals surface area contributed by atoms with Crippen molar-refractivity contribution in [3.05, 3.63) is 18.2 Å². The maximum atomic E-state index is 11.2. The lowest BCUT2D eigenvalue weighted by Crippen LogP contribution is -2.37. The van der Waals surface area contributed by atoms with Crippen molar-refractivity contribution in [1.82, 2.24) is 19.0 Å². The molecule has 9 heteroatoms. The zero-order valence-corrected chi connectivity index (χ0v) is 10.1. The number of aromatic carboxylic acids is 1. The van der Waals surface area contributed by atoms with Crippen molar-refractivity contribution >= 4 is 16.2 Å². The van der Waals surface area contributed by atoms with Crippen LogP contribution in [-0.4, -0.2) is 42.1 Å². The van der Waals surface area contributed by atoms with E-state index in [2.05, 4.69) is 14.4 Å². The highest BCUT2D eigenvalue weighted by Crippen LogP contribution is 1.95. The van der Waals surface area contributed by atoms with E-state index in [0.717, 1.165) is 0 Å². The fourth-order valence-electron chi connectivity index (χ4n) is 1.14. The van der Waals surface area contributed by atoms with Gasteiger partial charge in [0.25, 0.3) is 10.2 Å². The van der Waals surface area contributed by atoms with E-state index in [9.17, 15) is 13.2 Å². The van der Waals surface area contributed by atoms with Crippen LogP contribution in [0, 0.1) is 0 Å². The highest BCUT2D eigenvalue weighted by molar-refractivity contribution is 7.87. The number of carboxylic acid groups (broad SMARTS) is 1. The molecule has 1 aromatic heterocycles. The molecule has 8 nitrogen and oxygen atoms in total. The molecule has 0 radical (unpaired) electrons. The first-order valence-corrected chi connectivity index (χ1v) is 6.42. The average molecular weight is 262 g/mol. The van der Waals surface area contributed by atoms with E-state index in [4.69, 9.17) is 5.11 Å². The first-order chi connectivity index (χ1) is 7.94. The summed E-state index contributed by atoms with van der Waals surface area (Å²) in [5, 5.41) is 8.63. The van der Waals surface area contributed by atoms with Crippen molar-refractivity contribution in [2.75, 3.05) is 13.1 Å². The van der Waals surface area contributed by atoms with Crippen LogP contribution in [0.15, 0.2) is 12.5 Å². The molecule has 0 aromatic carbocycles. The van der Waals surface area contributed by atoms with Gasteiger partial charge in [-0.2, -0.15) is 8.42 Å². The van der Waals surface area contributed by atoms with Gasteiger partial charge in [-0.3, -0.25) is 0 Å². The standard InChI is InChI=1S/C8H14N4O4S/c1-2-10-17(15,16)11-3-4-12-5-7(8(13)14)9-6-12/h5-6,10-11H,2-4H2,1H3,(H,13,14). The number of nitrogens with one attached hydrogen (secondary N) is 2. The number of hydrogen-bond donors (Lipinski definition) is 3. The van der Waals surface area contributed by atoms with Crippen molar-refractivity contribution in [3.63, 3.8) is 0 Å². The van der Waals surface area contributed by atoms with Crippen LogP contribution >= 0.6 is 0 Å². The number of imidazole rings is 1. The van der Waals surface area contributed by atoms with Crippen LogP contribution in [-0.2, 0) is 16.8 Å². The van der Waals surface area contributed by atoms with Crippen LogP contribution in [0.25, 0.3) is 0 Å². The van der Waals surface area contributed by atoms with Gasteiger partial charge in [0.15, 0.2) is 5.69 Å². The van der Waals surface area contributed by atoms with Gasteiger partial charge in [-0.15, -0.1) is 0 Å². The summed E-state index contributed by atoms with van der Waals surface area (Å²) in [5.41, 5.74) is -0.0699. The molecule has 1 heterocycles. The third-order valence-corrected chi connectivity index (χ3v) is 3.10. The van der Waals surface area contributed by atoms with Gasteiger partial charge in [0.1, 0.15) is 0 Å². The molecule has 1 aromatic rings. The van der Waals surface area contributed by atoms with Gasteiger partial charge in [-0.1, -0.05) is 6.92 Å². The molecule has 0 aliphatic carbocycles. The molecule has 1 rings (SSSR count). The maximum Gasteiger partial charge on any atom is 0.356 e. The van der Waals surface area contributed by atoms with Crippen LogP contribution in [0.1, 0.15) is 17.4 Å². The Hall–Kier alpha value is -1.45. The first kappa shape index (κ1) is 13.6. The summed E-state index contributed by atoms with van der Waals surface area (Å²) in [5.74, 6) is -1.11. The number of carboxylic acids is 1. The smallest absolute Gasteiger partial charge is 0.356 e. The molecule has 0 unspecified atom stereocenters. The fourth-order valence-corrected chi connectivity index (χ4v) is 1.99. The maximum absolute atomic E-state index is 11.2. The van der Waals surface area contributed by atoms with Crippen molar-refractivity contribution in [1.29, 1.82) is 0 Å². The number of rotatable bonds is 7. The van der Waals surface area contributed by atoms with Crippen LogP contribution in [0.4, 0.5) is 0 Å². The van der Waals surface area contributed by atoms with Crippen molar-refractivity contribution < 1.29 is 18.3 Å². The SMILES string of the molecule is CCNS(=O)(=O)NCCn1cnc(C(=O)O)c1. The van der Waals surface area contributed by atoms with E-state index in [1.54, 1.807) is 6.92 Å². The number of carbonyl (C=O) groups is 1. The third kappa shape index (κ3) is 4.51. The molecule has 17 heavy (non-hydrogen) atoms. The Bertz CT molecular complexity index is 481. The summed E-state index contributed by atoms with van der Waals surface area (Å²) in [7, 11) is -3.46. The van der Waals surface area contributed by atoms with Crippen molar-refractivity contribution in [3.8, 4) is 0 Å². The van der Waals surface area contributed by atoms with Gasteiger partial charge in [-0.25, -0.2) is 19.2 Å². The molecule has 0 bridgehead atoms. The Morgan fingerprint density at radius 3 is 2.76 bits per heavy atom. The van der Waals surface area contributed by atoms with Gasteiger partial charge in [0, 0.05) is 25.8 Å². The Balaban J connectivity index is 2.43. The molecule has 0 atom stereocenters. The second kappa shape index (κ2) is 5.75. The Morgan fingerprint density at radius 1 is 1.53 bits per heavy atom. The van der Waals surface area contributed by atoms with E-state index < -0.39 is 16.2 Å². The highest BCUT2D eigenvalue weighted by atomic mass is 32.2. The van der Waals surface area contributed by atoms with Gasteiger partial charge < -0.3 is 9.67 Å². The summed E-state index contributed by atoms with van der Waals surface area (Å²) in [4.78, 5) is 14.2. The Morgan fingerprint density at radius 2 is 2.24 bits per heavy atom. The molecular formula is C8H14N4O4S. The van der Waals surface area contributed by atoms with E-state index >= 15 is 0 Å². The summed E-state index contributed by atoms with van der Waals surface area (Å²) >= 11 is 0. The summed E-state index contributed by atoms with van der Waals surface area (Å²) in [6.45, 7) is 2.45. The van der Waals surface area contributed by atoms with Crippen LogP contribution in [0.2, 0.25) is 0 Å². The van der Waals surface area contributed by atoms with Crippen LogP contribution in [0.3, 0.4) is 0 Å². The number of hydrogen-bond acceptors (Lipinski definition) is 4. The minimum absolute atomic E-state index is 0.0699. The summed E-state index contributed by atoms with van der Waals surface area (Å²) in [6, 6.07) is 0. The second-order valence-electron chi connectivity index (χ2n) is 3.20. The molecule has 0 amide bonds. The minimum atomic E-state index is -3.46. The van der Waals surface area contributed by atoms with Crippen molar-refractivity contribution in [2.45, 2.75) is 13.5 Å². The summed E-state index contributed by atoms with van der Waals surface area (Å²) < 4.78 is 28.5. The lowest BCUT2D eigenvalue weighted by Gasteiger charge is -2.06. The average Bonchev–Trinajstić information content (AvgIpc) is 2.66. The van der Waals surface area contributed by atoms with Crippen LogP contribution < -0.4 is 9.44 Å². The van der Waals surface area contributed by atoms with Gasteiger partial charge in [0.2, 0.25) is 0 Å². The van der Waals surface area contributed by atoms with E-state index in [1.165, 1.54) is 17.1 Å². The van der Waals surface area contributed by atoms with Gasteiger partial charge in [-0.05, 0) is 0 Å². The second-order valence-corrected chi connectivity index (χ2v) is 4.78. The zero-order valence-electron chi connectivity index (χ0n) is 9.25. The van der Waals surface area contributed by atoms with E-state index in [0.29, 0.717) is 13.1 Å². The molecule has 0 saturated carbocycles. The monoisotopic (exact) mass is 262 g/mol. The Labute approximate surface area is 98.8 Å². The van der Waals surface area contributed by atoms with Crippen LogP contribution in [0.5, 0.6) is 0 Å². The van der Waals surface area contributed by atoms with Gasteiger partial charge in [0.05, 0.1) is 6.33 Å². The zero-order chi connectivity index (χ0) is 12.9. The molecule has 0 aliphatic rings. The minimum Gasteiger partial charge on any atom is -0.476 e. The Kier molecular flexibility index (Phi) is 4.61. The normalized spacial score (nSPS) is 11.6. The fraction of sp³-hybridized carbons (Fsp3) is 0.500.